The topological polar surface area (TPSA) is 0 Å². The van der Waals surface area contributed by atoms with Crippen LogP contribution in [0.4, 0.5) is 0 Å². The largest absolute Gasteiger partial charge is 0.0891 e. The van der Waals surface area contributed by atoms with Gasteiger partial charge in [0, 0.05) is 4.83 Å². The van der Waals surface area contributed by atoms with E-state index in [9.17, 15) is 0 Å². The van der Waals surface area contributed by atoms with E-state index in [0.29, 0.717) is 0 Å². The van der Waals surface area contributed by atoms with E-state index in [1.165, 1.54) is 38.5 Å². The molecule has 3 aliphatic carbocycles. The summed E-state index contributed by atoms with van der Waals surface area (Å²) in [6.45, 7) is 2.45. The molecule has 0 aromatic heterocycles. The Hall–Kier alpha value is 0.480. The standard InChI is InChI=1S/C19H33Br/c1-14-2-4-15(5-3-14)16-6-8-17(9-7-16)18-10-12-19(20)13-11-18/h14-19H,2-13H2,1H3. The molecule has 0 atom stereocenters. The smallest absolute Gasteiger partial charge is 0.0146 e. The first-order valence-corrected chi connectivity index (χ1v) is 10.3. The minimum absolute atomic E-state index is 0.833. The molecule has 0 N–H and O–H groups in total. The highest BCUT2D eigenvalue weighted by atomic mass is 79.9. The first-order chi connectivity index (χ1) is 9.72. The van der Waals surface area contributed by atoms with Crippen LogP contribution in [-0.4, -0.2) is 4.83 Å². The van der Waals surface area contributed by atoms with Gasteiger partial charge in [-0.05, 0) is 93.8 Å². The van der Waals surface area contributed by atoms with Gasteiger partial charge in [0.15, 0.2) is 0 Å². The quantitative estimate of drug-likeness (QED) is 0.498. The number of alkyl halides is 1. The van der Waals surface area contributed by atoms with Gasteiger partial charge in [0.25, 0.3) is 0 Å². The van der Waals surface area contributed by atoms with Gasteiger partial charge in [0.1, 0.15) is 0 Å². The molecular weight excluding hydrogens is 308 g/mol. The summed E-state index contributed by atoms with van der Waals surface area (Å²) in [5.74, 6) is 5.39. The van der Waals surface area contributed by atoms with E-state index in [2.05, 4.69) is 22.9 Å². The SMILES string of the molecule is CC1CCC(C2CCC(C3CCC(Br)CC3)CC2)CC1. The van der Waals surface area contributed by atoms with Gasteiger partial charge in [-0.1, -0.05) is 35.7 Å². The molecule has 0 saturated heterocycles. The Labute approximate surface area is 134 Å². The van der Waals surface area contributed by atoms with Crippen LogP contribution in [0.15, 0.2) is 0 Å². The molecule has 3 fully saturated rings. The predicted octanol–water partition coefficient (Wildman–Crippen LogP) is 6.57. The number of rotatable bonds is 2. The van der Waals surface area contributed by atoms with Crippen LogP contribution in [0.25, 0.3) is 0 Å². The van der Waals surface area contributed by atoms with Crippen molar-refractivity contribution in [1.29, 1.82) is 0 Å². The molecule has 0 radical (unpaired) electrons. The molecule has 1 heteroatoms. The van der Waals surface area contributed by atoms with Crippen LogP contribution in [0, 0.1) is 29.6 Å². The lowest BCUT2D eigenvalue weighted by Crippen LogP contribution is -2.29. The van der Waals surface area contributed by atoms with E-state index in [0.717, 1.165) is 34.4 Å². The fraction of sp³-hybridized carbons (Fsp3) is 1.00. The van der Waals surface area contributed by atoms with Gasteiger partial charge in [0.05, 0.1) is 0 Å². The second kappa shape index (κ2) is 7.16. The summed E-state index contributed by atoms with van der Waals surface area (Å²) in [4.78, 5) is 0.833. The van der Waals surface area contributed by atoms with Gasteiger partial charge < -0.3 is 0 Å². The van der Waals surface area contributed by atoms with Gasteiger partial charge in [-0.25, -0.2) is 0 Å². The summed E-state index contributed by atoms with van der Waals surface area (Å²) in [5, 5.41) is 0. The van der Waals surface area contributed by atoms with Crippen molar-refractivity contribution in [3.8, 4) is 0 Å². The highest BCUT2D eigenvalue weighted by Crippen LogP contribution is 2.45. The van der Waals surface area contributed by atoms with Crippen molar-refractivity contribution in [2.45, 2.75) is 88.8 Å². The molecule has 0 heterocycles. The van der Waals surface area contributed by atoms with E-state index in [1.54, 1.807) is 38.5 Å². The molecule has 0 bridgehead atoms. The summed E-state index contributed by atoms with van der Waals surface area (Å²) < 4.78 is 0. The van der Waals surface area contributed by atoms with Crippen molar-refractivity contribution in [1.82, 2.24) is 0 Å². The zero-order valence-corrected chi connectivity index (χ0v) is 14.9. The molecule has 3 aliphatic rings. The predicted molar refractivity (Wildman–Crippen MR) is 91.2 cm³/mol. The molecule has 116 valence electrons. The van der Waals surface area contributed by atoms with Crippen LogP contribution in [0.2, 0.25) is 0 Å². The van der Waals surface area contributed by atoms with Crippen molar-refractivity contribution >= 4 is 15.9 Å². The monoisotopic (exact) mass is 340 g/mol. The third-order valence-corrected chi connectivity index (χ3v) is 7.83. The Morgan fingerprint density at radius 1 is 0.500 bits per heavy atom. The van der Waals surface area contributed by atoms with Gasteiger partial charge in [-0.15, -0.1) is 0 Å². The normalized spacial score (nSPS) is 47.1. The number of hydrogen-bond donors (Lipinski definition) is 0. The molecule has 0 amide bonds. The highest BCUT2D eigenvalue weighted by Gasteiger charge is 2.33. The molecule has 0 unspecified atom stereocenters. The van der Waals surface area contributed by atoms with Crippen LogP contribution in [-0.2, 0) is 0 Å². The van der Waals surface area contributed by atoms with E-state index in [1.807, 2.05) is 0 Å². The second-order valence-corrected chi connectivity index (χ2v) is 9.50. The first-order valence-electron chi connectivity index (χ1n) is 9.36. The van der Waals surface area contributed by atoms with E-state index < -0.39 is 0 Å². The highest BCUT2D eigenvalue weighted by molar-refractivity contribution is 9.09. The van der Waals surface area contributed by atoms with E-state index in [-0.39, 0.29) is 0 Å². The Morgan fingerprint density at radius 2 is 0.800 bits per heavy atom. The van der Waals surface area contributed by atoms with Crippen molar-refractivity contribution in [3.63, 3.8) is 0 Å². The fourth-order valence-electron chi connectivity index (χ4n) is 5.39. The average Bonchev–Trinajstić information content (AvgIpc) is 2.49. The maximum absolute atomic E-state index is 3.81. The molecule has 3 rings (SSSR count). The molecule has 20 heavy (non-hydrogen) atoms. The summed E-state index contributed by atoms with van der Waals surface area (Å²) in [5.41, 5.74) is 0. The lowest BCUT2D eigenvalue weighted by molar-refractivity contribution is 0.116. The van der Waals surface area contributed by atoms with Gasteiger partial charge in [-0.2, -0.15) is 0 Å². The number of hydrogen-bond acceptors (Lipinski definition) is 0. The van der Waals surface area contributed by atoms with Crippen LogP contribution in [0.1, 0.15) is 84.0 Å². The zero-order valence-electron chi connectivity index (χ0n) is 13.3. The van der Waals surface area contributed by atoms with Crippen molar-refractivity contribution in [3.05, 3.63) is 0 Å². The molecule has 0 aliphatic heterocycles. The third kappa shape index (κ3) is 3.81. The molecule has 0 aromatic rings. The van der Waals surface area contributed by atoms with Gasteiger partial charge in [0.2, 0.25) is 0 Å². The van der Waals surface area contributed by atoms with Crippen LogP contribution in [0.5, 0.6) is 0 Å². The minimum Gasteiger partial charge on any atom is -0.0891 e. The summed E-state index contributed by atoms with van der Waals surface area (Å²) in [6, 6.07) is 0. The van der Waals surface area contributed by atoms with Gasteiger partial charge >= 0.3 is 0 Å². The van der Waals surface area contributed by atoms with Crippen LogP contribution >= 0.6 is 15.9 Å². The Morgan fingerprint density at radius 3 is 1.20 bits per heavy atom. The van der Waals surface area contributed by atoms with Crippen LogP contribution in [0.3, 0.4) is 0 Å². The minimum atomic E-state index is 0.833. The lowest BCUT2D eigenvalue weighted by Gasteiger charge is -2.40. The molecule has 0 nitrogen and oxygen atoms in total. The van der Waals surface area contributed by atoms with Gasteiger partial charge in [-0.3, -0.25) is 0 Å². The summed E-state index contributed by atoms with van der Waals surface area (Å²) >= 11 is 3.81. The molecular formula is C19H33Br. The maximum atomic E-state index is 3.81. The average molecular weight is 341 g/mol. The Balaban J connectivity index is 1.42. The molecule has 3 saturated carbocycles. The van der Waals surface area contributed by atoms with Crippen molar-refractivity contribution in [2.75, 3.05) is 0 Å². The van der Waals surface area contributed by atoms with E-state index >= 15 is 0 Å². The lowest BCUT2D eigenvalue weighted by atomic mass is 9.66. The Bertz CT molecular complexity index is 246. The first kappa shape index (κ1) is 15.4. The Kier molecular flexibility index (Phi) is 5.51. The second-order valence-electron chi connectivity index (χ2n) is 8.21. The third-order valence-electron chi connectivity index (χ3n) is 6.91. The summed E-state index contributed by atoms with van der Waals surface area (Å²) in [6.07, 6.45) is 18.3. The zero-order chi connectivity index (χ0) is 13.9. The molecule has 0 spiro atoms. The summed E-state index contributed by atoms with van der Waals surface area (Å²) in [7, 11) is 0. The number of halogens is 1. The van der Waals surface area contributed by atoms with Crippen molar-refractivity contribution in [2.24, 2.45) is 29.6 Å². The van der Waals surface area contributed by atoms with Crippen LogP contribution < -0.4 is 0 Å². The fourth-order valence-corrected chi connectivity index (χ4v) is 5.92. The van der Waals surface area contributed by atoms with Crippen molar-refractivity contribution < 1.29 is 0 Å². The molecule has 0 aromatic carbocycles. The van der Waals surface area contributed by atoms with E-state index in [4.69, 9.17) is 0 Å². The maximum Gasteiger partial charge on any atom is 0.0146 e.